The van der Waals surface area contributed by atoms with Crippen molar-refractivity contribution in [2.75, 3.05) is 25.5 Å². The van der Waals surface area contributed by atoms with Gasteiger partial charge in [-0.2, -0.15) is 18.3 Å². The van der Waals surface area contributed by atoms with E-state index in [2.05, 4.69) is 30.3 Å². The van der Waals surface area contributed by atoms with E-state index in [0.29, 0.717) is 11.6 Å². The summed E-state index contributed by atoms with van der Waals surface area (Å²) in [5.74, 6) is 1.01. The molecule has 1 fully saturated rings. The van der Waals surface area contributed by atoms with Gasteiger partial charge in [0.15, 0.2) is 5.82 Å². The molecular weight excluding hydrogens is 483 g/mol. The van der Waals surface area contributed by atoms with E-state index in [0.717, 1.165) is 48.8 Å². The summed E-state index contributed by atoms with van der Waals surface area (Å²) in [6.07, 6.45) is 0.708. The number of H-pyrrole nitrogens is 1. The summed E-state index contributed by atoms with van der Waals surface area (Å²) in [7, 11) is 1.99. The van der Waals surface area contributed by atoms with Gasteiger partial charge < -0.3 is 15.2 Å². The maximum absolute atomic E-state index is 13.9. The lowest BCUT2D eigenvalue weighted by molar-refractivity contribution is -0.136. The molecule has 4 aromatic rings. The van der Waals surface area contributed by atoms with Gasteiger partial charge in [0.05, 0.1) is 22.2 Å². The van der Waals surface area contributed by atoms with E-state index in [9.17, 15) is 18.0 Å². The number of hydrogen-bond donors (Lipinski definition) is 2. The first-order valence-electron chi connectivity index (χ1n) is 12.1. The number of aryl methyl sites for hydroxylation is 2. The Morgan fingerprint density at radius 2 is 1.92 bits per heavy atom. The van der Waals surface area contributed by atoms with Crippen LogP contribution in [0.1, 0.15) is 41.1 Å². The van der Waals surface area contributed by atoms with Gasteiger partial charge in [0.1, 0.15) is 5.82 Å². The number of fused-ring (bicyclic) bond motifs is 1. The van der Waals surface area contributed by atoms with Gasteiger partial charge >= 0.3 is 6.18 Å². The van der Waals surface area contributed by atoms with Crippen LogP contribution in [0, 0.1) is 13.8 Å². The topological polar surface area (TPSA) is 91.7 Å². The van der Waals surface area contributed by atoms with Gasteiger partial charge in [0.25, 0.3) is 5.56 Å². The monoisotopic (exact) mass is 511 g/mol. The Kier molecular flexibility index (Phi) is 6.49. The first-order chi connectivity index (χ1) is 17.6. The second kappa shape index (κ2) is 9.62. The molecule has 0 bridgehead atoms. The number of benzene rings is 1. The van der Waals surface area contributed by atoms with Crippen molar-refractivity contribution in [3.63, 3.8) is 0 Å². The van der Waals surface area contributed by atoms with E-state index in [1.54, 1.807) is 10.9 Å². The summed E-state index contributed by atoms with van der Waals surface area (Å²) in [6.45, 7) is 5.51. The lowest BCUT2D eigenvalue weighted by Gasteiger charge is -2.31. The molecule has 0 spiro atoms. The third-order valence-electron chi connectivity index (χ3n) is 6.84. The van der Waals surface area contributed by atoms with E-state index < -0.39 is 17.3 Å². The molecule has 0 atom stereocenters. The van der Waals surface area contributed by atoms with Crippen LogP contribution in [0.15, 0.2) is 41.5 Å². The number of alkyl halides is 3. The van der Waals surface area contributed by atoms with E-state index in [1.807, 2.05) is 39.2 Å². The number of anilines is 1. The molecule has 5 rings (SSSR count). The molecule has 0 amide bonds. The van der Waals surface area contributed by atoms with Gasteiger partial charge in [0, 0.05) is 30.5 Å². The highest BCUT2D eigenvalue weighted by Crippen LogP contribution is 2.37. The number of aromatic amines is 1. The minimum absolute atomic E-state index is 0.0468. The number of rotatable bonds is 5. The Labute approximate surface area is 211 Å². The summed E-state index contributed by atoms with van der Waals surface area (Å²) in [5.41, 5.74) is 1.47. The Bertz CT molecular complexity index is 1460. The molecular formula is C26H28F3N7O. The van der Waals surface area contributed by atoms with Crippen molar-refractivity contribution in [3.05, 3.63) is 75.2 Å². The number of pyridine rings is 1. The van der Waals surface area contributed by atoms with E-state index in [-0.39, 0.29) is 29.1 Å². The molecule has 0 unspecified atom stereocenters. The highest BCUT2D eigenvalue weighted by Gasteiger charge is 2.35. The minimum atomic E-state index is -4.60. The molecule has 1 aliphatic heterocycles. The summed E-state index contributed by atoms with van der Waals surface area (Å²) >= 11 is 0. The largest absolute Gasteiger partial charge is 0.418 e. The van der Waals surface area contributed by atoms with Gasteiger partial charge in [-0.1, -0.05) is 6.07 Å². The van der Waals surface area contributed by atoms with Crippen molar-refractivity contribution in [2.24, 2.45) is 0 Å². The highest BCUT2D eigenvalue weighted by molar-refractivity contribution is 5.83. The zero-order valence-electron chi connectivity index (χ0n) is 20.9. The second-order valence-electron chi connectivity index (χ2n) is 9.69. The molecule has 0 saturated carbocycles. The van der Waals surface area contributed by atoms with Crippen LogP contribution < -0.4 is 10.9 Å². The smallest absolute Gasteiger partial charge is 0.382 e. The first kappa shape index (κ1) is 24.9. The van der Waals surface area contributed by atoms with Gasteiger partial charge in [-0.25, -0.2) is 14.6 Å². The van der Waals surface area contributed by atoms with Crippen LogP contribution in [-0.4, -0.2) is 55.8 Å². The Balaban J connectivity index is 1.44. The standard InChI is InChI=1S/C26H28F3N7O/c1-15-14-36(34-16(15)2)24-5-4-17(13-30-24)10-23-32-21-12-22(31-18-6-8-35(3)9-7-18)20(26(27,28)29)11-19(21)25(37)33-23/h4-5,11-14,18,31H,6-10H2,1-3H3,(H,32,33,37). The van der Waals surface area contributed by atoms with Crippen molar-refractivity contribution in [1.29, 1.82) is 0 Å². The molecule has 4 heterocycles. The zero-order valence-corrected chi connectivity index (χ0v) is 20.9. The number of hydrogen-bond acceptors (Lipinski definition) is 6. The molecule has 2 N–H and O–H groups in total. The number of likely N-dealkylation sites (tertiary alicyclic amines) is 1. The van der Waals surface area contributed by atoms with Gasteiger partial charge in [0.2, 0.25) is 0 Å². The molecule has 11 heteroatoms. The lowest BCUT2D eigenvalue weighted by atomic mass is 10.0. The fourth-order valence-corrected chi connectivity index (χ4v) is 4.56. The van der Waals surface area contributed by atoms with Crippen LogP contribution in [-0.2, 0) is 12.6 Å². The zero-order chi connectivity index (χ0) is 26.3. The van der Waals surface area contributed by atoms with E-state index in [1.165, 1.54) is 6.07 Å². The molecule has 8 nitrogen and oxygen atoms in total. The summed E-state index contributed by atoms with van der Waals surface area (Å²) in [5, 5.41) is 7.40. The van der Waals surface area contributed by atoms with E-state index in [4.69, 9.17) is 0 Å². The normalized spacial score (nSPS) is 15.4. The number of halogens is 3. The first-order valence-corrected chi connectivity index (χ1v) is 12.1. The fraction of sp³-hybridized carbons (Fsp3) is 0.385. The molecule has 1 aromatic carbocycles. The third-order valence-corrected chi connectivity index (χ3v) is 6.84. The van der Waals surface area contributed by atoms with Crippen molar-refractivity contribution in [3.8, 4) is 5.82 Å². The van der Waals surface area contributed by atoms with Crippen LogP contribution in [0.2, 0.25) is 0 Å². The predicted octanol–water partition coefficient (Wildman–Crippen LogP) is 4.24. The van der Waals surface area contributed by atoms with Gasteiger partial charge in [-0.05, 0) is 76.2 Å². The van der Waals surface area contributed by atoms with Crippen molar-refractivity contribution < 1.29 is 13.2 Å². The third kappa shape index (κ3) is 5.36. The highest BCUT2D eigenvalue weighted by atomic mass is 19.4. The van der Waals surface area contributed by atoms with Gasteiger partial charge in [-0.15, -0.1) is 0 Å². The average Bonchev–Trinajstić information content (AvgIpc) is 3.18. The van der Waals surface area contributed by atoms with Crippen molar-refractivity contribution in [2.45, 2.75) is 45.3 Å². The number of nitrogens with zero attached hydrogens (tertiary/aromatic N) is 5. The molecule has 1 saturated heterocycles. The summed E-state index contributed by atoms with van der Waals surface area (Å²) < 4.78 is 43.3. The number of nitrogens with one attached hydrogen (secondary N) is 2. The fourth-order valence-electron chi connectivity index (χ4n) is 4.56. The Morgan fingerprint density at radius 1 is 1.16 bits per heavy atom. The Hall–Kier alpha value is -3.73. The predicted molar refractivity (Wildman–Crippen MR) is 135 cm³/mol. The van der Waals surface area contributed by atoms with Crippen LogP contribution in [0.4, 0.5) is 18.9 Å². The second-order valence-corrected chi connectivity index (χ2v) is 9.69. The SMILES string of the molecule is Cc1cn(-c2ccc(Cc3nc4cc(NC5CCN(C)CC5)c(C(F)(F)F)cc4c(=O)[nH]3)cn2)nc1C. The van der Waals surface area contributed by atoms with Gasteiger partial charge in [-0.3, -0.25) is 4.79 Å². The lowest BCUT2D eigenvalue weighted by Crippen LogP contribution is -2.37. The van der Waals surface area contributed by atoms with Crippen molar-refractivity contribution >= 4 is 16.6 Å². The average molecular weight is 512 g/mol. The maximum Gasteiger partial charge on any atom is 0.418 e. The van der Waals surface area contributed by atoms with Crippen LogP contribution in [0.25, 0.3) is 16.7 Å². The molecule has 0 aliphatic carbocycles. The molecule has 37 heavy (non-hydrogen) atoms. The minimum Gasteiger partial charge on any atom is -0.382 e. The number of aromatic nitrogens is 5. The molecule has 1 aliphatic rings. The Morgan fingerprint density at radius 3 is 2.54 bits per heavy atom. The number of piperidine rings is 1. The molecule has 3 aromatic heterocycles. The molecule has 0 radical (unpaired) electrons. The van der Waals surface area contributed by atoms with Crippen LogP contribution in [0.3, 0.4) is 0 Å². The van der Waals surface area contributed by atoms with Crippen LogP contribution in [0.5, 0.6) is 0 Å². The maximum atomic E-state index is 13.9. The molecule has 194 valence electrons. The summed E-state index contributed by atoms with van der Waals surface area (Å²) in [4.78, 5) is 26.5. The quantitative estimate of drug-likeness (QED) is 0.417. The summed E-state index contributed by atoms with van der Waals surface area (Å²) in [6, 6.07) is 5.84. The van der Waals surface area contributed by atoms with Crippen molar-refractivity contribution in [1.82, 2.24) is 29.6 Å². The van der Waals surface area contributed by atoms with Crippen LogP contribution >= 0.6 is 0 Å². The van der Waals surface area contributed by atoms with E-state index >= 15 is 0 Å².